The van der Waals surface area contributed by atoms with Crippen LogP contribution in [0.15, 0.2) is 12.4 Å². The monoisotopic (exact) mass is 249 g/mol. The summed E-state index contributed by atoms with van der Waals surface area (Å²) < 4.78 is 0. The molecule has 98 valence electrons. The van der Waals surface area contributed by atoms with Gasteiger partial charge in [0.15, 0.2) is 0 Å². The van der Waals surface area contributed by atoms with Gasteiger partial charge in [-0.2, -0.15) is 0 Å². The molecule has 1 aromatic heterocycles. The number of nitrogens with zero attached hydrogens (tertiary/aromatic N) is 3. The Morgan fingerprint density at radius 2 is 2.22 bits per heavy atom. The Hall–Kier alpha value is -1.65. The highest BCUT2D eigenvalue weighted by molar-refractivity contribution is 5.73. The second-order valence-corrected chi connectivity index (χ2v) is 5.17. The van der Waals surface area contributed by atoms with E-state index in [2.05, 4.69) is 23.8 Å². The molecule has 0 spiro atoms. The number of rotatable bonds is 6. The van der Waals surface area contributed by atoms with Crippen LogP contribution < -0.4 is 4.90 Å². The number of hydrogen-bond acceptors (Lipinski definition) is 4. The van der Waals surface area contributed by atoms with Crippen LogP contribution in [-0.4, -0.2) is 34.1 Å². The minimum Gasteiger partial charge on any atom is -0.480 e. The van der Waals surface area contributed by atoms with Gasteiger partial charge in [0.25, 0.3) is 0 Å². The molecule has 0 bridgehead atoms. The predicted molar refractivity (Wildman–Crippen MR) is 68.7 cm³/mol. The maximum absolute atomic E-state index is 10.9. The van der Waals surface area contributed by atoms with Gasteiger partial charge in [0.1, 0.15) is 18.7 Å². The molecule has 18 heavy (non-hydrogen) atoms. The first-order valence-corrected chi connectivity index (χ1v) is 6.35. The van der Waals surface area contributed by atoms with Crippen molar-refractivity contribution >= 4 is 11.8 Å². The molecule has 1 saturated carbocycles. The topological polar surface area (TPSA) is 66.3 Å². The van der Waals surface area contributed by atoms with Crippen molar-refractivity contribution in [3.8, 4) is 0 Å². The molecule has 1 N–H and O–H groups in total. The molecule has 2 rings (SSSR count). The van der Waals surface area contributed by atoms with E-state index >= 15 is 0 Å². The van der Waals surface area contributed by atoms with Crippen molar-refractivity contribution < 1.29 is 9.90 Å². The molecule has 0 aromatic carbocycles. The van der Waals surface area contributed by atoms with E-state index < -0.39 is 5.97 Å². The van der Waals surface area contributed by atoms with Gasteiger partial charge in [0, 0.05) is 18.3 Å². The Kier molecular flexibility index (Phi) is 3.79. The van der Waals surface area contributed by atoms with Crippen LogP contribution in [0.25, 0.3) is 0 Å². The summed E-state index contributed by atoms with van der Waals surface area (Å²) >= 11 is 0. The number of carbonyl (C=O) groups is 1. The third-order valence-corrected chi connectivity index (χ3v) is 3.09. The minimum absolute atomic E-state index is 0.00501. The van der Waals surface area contributed by atoms with Crippen molar-refractivity contribution in [2.24, 2.45) is 5.92 Å². The number of anilines is 1. The number of carboxylic acids is 1. The van der Waals surface area contributed by atoms with E-state index in [0.717, 1.165) is 18.1 Å². The molecule has 5 nitrogen and oxygen atoms in total. The van der Waals surface area contributed by atoms with Crippen LogP contribution in [0.4, 0.5) is 5.82 Å². The summed E-state index contributed by atoms with van der Waals surface area (Å²) in [5, 5.41) is 8.97. The Morgan fingerprint density at radius 3 is 2.78 bits per heavy atom. The number of carboxylic acid groups (broad SMARTS) is 1. The molecule has 0 amide bonds. The number of aromatic nitrogens is 2. The summed E-state index contributed by atoms with van der Waals surface area (Å²) in [5.74, 6) is 0.851. The third-order valence-electron chi connectivity index (χ3n) is 3.09. The zero-order chi connectivity index (χ0) is 13.1. The molecule has 1 aliphatic carbocycles. The molecule has 0 aliphatic heterocycles. The second-order valence-electron chi connectivity index (χ2n) is 5.17. The second kappa shape index (κ2) is 5.33. The van der Waals surface area contributed by atoms with Gasteiger partial charge in [-0.3, -0.25) is 4.79 Å². The summed E-state index contributed by atoms with van der Waals surface area (Å²) in [6, 6.07) is 1.90. The molecule has 1 fully saturated rings. The summed E-state index contributed by atoms with van der Waals surface area (Å²) in [7, 11) is 0. The fraction of sp³-hybridized carbons (Fsp3) is 0.615. The van der Waals surface area contributed by atoms with Crippen LogP contribution in [0.3, 0.4) is 0 Å². The van der Waals surface area contributed by atoms with Gasteiger partial charge in [-0.05, 0) is 24.7 Å². The van der Waals surface area contributed by atoms with Crippen LogP contribution in [0.1, 0.15) is 38.3 Å². The molecular weight excluding hydrogens is 230 g/mol. The third kappa shape index (κ3) is 3.42. The normalized spacial score (nSPS) is 14.8. The first-order valence-electron chi connectivity index (χ1n) is 6.35. The average molecular weight is 249 g/mol. The summed E-state index contributed by atoms with van der Waals surface area (Å²) in [6.07, 6.45) is 3.91. The first-order chi connectivity index (χ1) is 8.56. The van der Waals surface area contributed by atoms with Gasteiger partial charge in [-0.1, -0.05) is 13.8 Å². The maximum Gasteiger partial charge on any atom is 0.323 e. The van der Waals surface area contributed by atoms with E-state index in [1.54, 1.807) is 0 Å². The molecule has 1 aliphatic rings. The van der Waals surface area contributed by atoms with Crippen molar-refractivity contribution in [1.82, 2.24) is 9.97 Å². The van der Waals surface area contributed by atoms with E-state index in [1.165, 1.54) is 19.2 Å². The van der Waals surface area contributed by atoms with E-state index in [0.29, 0.717) is 11.8 Å². The molecule has 0 saturated heterocycles. The lowest BCUT2D eigenvalue weighted by Crippen LogP contribution is -2.32. The lowest BCUT2D eigenvalue weighted by Gasteiger charge is -2.22. The zero-order valence-corrected chi connectivity index (χ0v) is 10.8. The van der Waals surface area contributed by atoms with Crippen LogP contribution in [0.2, 0.25) is 0 Å². The van der Waals surface area contributed by atoms with Crippen molar-refractivity contribution in [1.29, 1.82) is 0 Å². The zero-order valence-electron chi connectivity index (χ0n) is 10.8. The highest BCUT2D eigenvalue weighted by Crippen LogP contribution is 2.31. The van der Waals surface area contributed by atoms with E-state index in [-0.39, 0.29) is 6.54 Å². The highest BCUT2D eigenvalue weighted by Gasteiger charge is 2.26. The van der Waals surface area contributed by atoms with Crippen molar-refractivity contribution in [2.75, 3.05) is 18.0 Å². The van der Waals surface area contributed by atoms with Crippen LogP contribution >= 0.6 is 0 Å². The predicted octanol–water partition coefficient (Wildman–Crippen LogP) is 1.90. The SMILES string of the molecule is CC(C)c1cc(N(CC(=O)O)CC2CC2)ncn1. The number of aliphatic carboxylic acids is 1. The largest absolute Gasteiger partial charge is 0.480 e. The smallest absolute Gasteiger partial charge is 0.323 e. The molecule has 1 heterocycles. The maximum atomic E-state index is 10.9. The van der Waals surface area contributed by atoms with Crippen LogP contribution in [0.5, 0.6) is 0 Å². The quantitative estimate of drug-likeness (QED) is 0.834. The standard InChI is InChI=1S/C13H19N3O2/c1-9(2)11-5-12(15-8-14-11)16(7-13(17)18)6-10-3-4-10/h5,8-10H,3-4,6-7H2,1-2H3,(H,17,18). The Labute approximate surface area is 107 Å². The van der Waals surface area contributed by atoms with Crippen LogP contribution in [-0.2, 0) is 4.79 Å². The van der Waals surface area contributed by atoms with Crippen molar-refractivity contribution in [2.45, 2.75) is 32.6 Å². The summed E-state index contributed by atoms with van der Waals surface area (Å²) in [6.45, 7) is 4.91. The first kappa shape index (κ1) is 12.8. The van der Waals surface area contributed by atoms with Gasteiger partial charge in [0.2, 0.25) is 0 Å². The fourth-order valence-electron chi connectivity index (χ4n) is 1.86. The fourth-order valence-corrected chi connectivity index (χ4v) is 1.86. The van der Waals surface area contributed by atoms with Gasteiger partial charge >= 0.3 is 5.97 Å². The van der Waals surface area contributed by atoms with Gasteiger partial charge < -0.3 is 10.0 Å². The van der Waals surface area contributed by atoms with E-state index in [4.69, 9.17) is 5.11 Å². The molecule has 1 aromatic rings. The summed E-state index contributed by atoms with van der Waals surface area (Å²) in [4.78, 5) is 21.2. The van der Waals surface area contributed by atoms with Gasteiger partial charge in [0.05, 0.1) is 0 Å². The van der Waals surface area contributed by atoms with Gasteiger partial charge in [-0.15, -0.1) is 0 Å². The van der Waals surface area contributed by atoms with E-state index in [9.17, 15) is 4.79 Å². The van der Waals surface area contributed by atoms with E-state index in [1.807, 2.05) is 11.0 Å². The summed E-state index contributed by atoms with van der Waals surface area (Å²) in [5.41, 5.74) is 0.950. The van der Waals surface area contributed by atoms with Crippen molar-refractivity contribution in [3.63, 3.8) is 0 Å². The number of hydrogen-bond donors (Lipinski definition) is 1. The lowest BCUT2D eigenvalue weighted by molar-refractivity contribution is -0.135. The Morgan fingerprint density at radius 1 is 1.50 bits per heavy atom. The van der Waals surface area contributed by atoms with Gasteiger partial charge in [-0.25, -0.2) is 9.97 Å². The lowest BCUT2D eigenvalue weighted by atomic mass is 10.1. The van der Waals surface area contributed by atoms with Crippen molar-refractivity contribution in [3.05, 3.63) is 18.1 Å². The minimum atomic E-state index is -0.819. The molecule has 0 unspecified atom stereocenters. The average Bonchev–Trinajstić information content (AvgIpc) is 3.12. The molecule has 0 atom stereocenters. The highest BCUT2D eigenvalue weighted by atomic mass is 16.4. The molecule has 5 heteroatoms. The molecule has 0 radical (unpaired) electrons. The Balaban J connectivity index is 2.16. The Bertz CT molecular complexity index is 430. The van der Waals surface area contributed by atoms with Crippen LogP contribution in [0, 0.1) is 5.92 Å². The molecular formula is C13H19N3O2.